The van der Waals surface area contributed by atoms with E-state index in [1.54, 1.807) is 0 Å². The fourth-order valence-corrected chi connectivity index (χ4v) is 0. The molecule has 0 aromatic rings. The van der Waals surface area contributed by atoms with Crippen LogP contribution in [0.3, 0.4) is 0 Å². The molecule has 0 N–H and O–H groups in total. The molecule has 0 amide bonds. The number of carbonyl (C=O) groups is 1. The number of carbonyl (C=O) groups excluding carboxylic acids is 1. The third-order valence-corrected chi connectivity index (χ3v) is 0. The topological polar surface area (TPSA) is 17.1 Å². The zero-order valence-electron chi connectivity index (χ0n) is 3.51. The van der Waals surface area contributed by atoms with E-state index >= 15 is 0 Å². The van der Waals surface area contributed by atoms with Gasteiger partial charge < -0.3 is 0 Å². The summed E-state index contributed by atoms with van der Waals surface area (Å²) in [7, 11) is 0. The Bertz CT molecular complexity index is 32.7. The third-order valence-electron chi connectivity index (χ3n) is 0. The zero-order chi connectivity index (χ0) is 3.58. The van der Waals surface area contributed by atoms with Crippen molar-refractivity contribution in [2.75, 3.05) is 0 Å². The highest BCUT2D eigenvalue weighted by Gasteiger charge is 1.69. The summed E-state index contributed by atoms with van der Waals surface area (Å²) in [5.74, 6) is 0. The lowest BCUT2D eigenvalue weighted by Crippen LogP contribution is -1.65. The van der Waals surface area contributed by atoms with E-state index in [9.17, 15) is 4.39 Å². The zero-order valence-corrected chi connectivity index (χ0v) is 3.51. The molecule has 0 aliphatic heterocycles. The van der Waals surface area contributed by atoms with Gasteiger partial charge in [0.2, 0.25) is 0 Å². The summed E-state index contributed by atoms with van der Waals surface area (Å²) in [6, 6.07) is -1.33. The first-order chi connectivity index (χ1) is 1.73. The maximum absolute atomic E-state index is 10.4. The van der Waals surface area contributed by atoms with Gasteiger partial charge in [-0.1, -0.05) is 0 Å². The van der Waals surface area contributed by atoms with Gasteiger partial charge in [-0.25, -0.2) is 0 Å². The van der Waals surface area contributed by atoms with Crippen LogP contribution in [0.15, 0.2) is 0 Å². The van der Waals surface area contributed by atoms with Crippen LogP contribution in [0.1, 0.15) is 6.92 Å². The summed E-state index contributed by atoms with van der Waals surface area (Å²) >= 11 is 0. The molecule has 0 radical (unpaired) electrons. The van der Waals surface area contributed by atoms with Gasteiger partial charge in [0.15, 0.2) is 0 Å². The second-order valence-corrected chi connectivity index (χ2v) is 0.470. The van der Waals surface area contributed by atoms with E-state index in [-0.39, 0.29) is 14.1 Å². The van der Waals surface area contributed by atoms with Crippen LogP contribution >= 0.6 is 0 Å². The van der Waals surface area contributed by atoms with Crippen molar-refractivity contribution in [3.8, 4) is 0 Å². The Morgan fingerprint density at radius 2 is 1.29 bits per heavy atom. The smallest absolute Gasteiger partial charge is 0.269 e. The predicted octanol–water partition coefficient (Wildman–Crippen LogP) is 0.960. The summed E-state index contributed by atoms with van der Waals surface area (Å²) in [6.07, 6.45) is 0. The SMILES string of the molecule is CC(=O)F.F.F.F. The molecule has 0 aliphatic carbocycles. The highest BCUT2D eigenvalue weighted by molar-refractivity contribution is 5.64. The van der Waals surface area contributed by atoms with Crippen LogP contribution in [0.2, 0.25) is 0 Å². The van der Waals surface area contributed by atoms with E-state index in [4.69, 9.17) is 4.79 Å². The number of halogens is 4. The van der Waals surface area contributed by atoms with Gasteiger partial charge in [-0.2, -0.15) is 4.39 Å². The third kappa shape index (κ3) is 166. The standard InChI is InChI=1S/C2H3FO.3FH/c1-2(3)4;;;/h1H3;3*1H. The van der Waals surface area contributed by atoms with Crippen molar-refractivity contribution in [2.45, 2.75) is 6.92 Å². The molecule has 1 nitrogen and oxygen atoms in total. The molecule has 5 heteroatoms. The molecule has 48 valence electrons. The molecule has 0 fully saturated rings. The van der Waals surface area contributed by atoms with E-state index in [1.165, 1.54) is 0 Å². The Kier molecular flexibility index (Phi) is 84.4. The maximum Gasteiger partial charge on any atom is 0.298 e. The molecule has 7 heavy (non-hydrogen) atoms. The largest absolute Gasteiger partial charge is 0.298 e. The quantitative estimate of drug-likeness (QED) is 0.345. The highest BCUT2D eigenvalue weighted by Crippen LogP contribution is 1.58. The Hall–Kier alpha value is -0.610. The summed E-state index contributed by atoms with van der Waals surface area (Å²) < 4.78 is 10.4. The van der Waals surface area contributed by atoms with Crippen LogP contribution in [-0.2, 0) is 4.79 Å². The monoisotopic (exact) mass is 122 g/mol. The van der Waals surface area contributed by atoms with Crippen LogP contribution in [0.4, 0.5) is 18.5 Å². The van der Waals surface area contributed by atoms with Gasteiger partial charge in [0.1, 0.15) is 0 Å². The minimum Gasteiger partial charge on any atom is -0.269 e. The van der Waals surface area contributed by atoms with Gasteiger partial charge in [-0.15, -0.1) is 0 Å². The molecule has 0 aromatic heterocycles. The normalized spacial score (nSPS) is 3.71. The first-order valence-electron chi connectivity index (χ1n) is 0.893. The van der Waals surface area contributed by atoms with Gasteiger partial charge in [-0.3, -0.25) is 18.9 Å². The van der Waals surface area contributed by atoms with Crippen LogP contribution in [0.25, 0.3) is 0 Å². The maximum atomic E-state index is 10.4. The molecule has 0 aromatic carbocycles. The highest BCUT2D eigenvalue weighted by atomic mass is 19.1. The van der Waals surface area contributed by atoms with E-state index in [0.29, 0.717) is 0 Å². The fraction of sp³-hybridized carbons (Fsp3) is 0.500. The molecule has 0 spiro atoms. The molecule has 0 bridgehead atoms. The van der Waals surface area contributed by atoms with Crippen molar-refractivity contribution in [2.24, 2.45) is 0 Å². The lowest BCUT2D eigenvalue weighted by Gasteiger charge is -1.50. The number of hydrogen-bond donors (Lipinski definition) is 0. The lowest BCUT2D eigenvalue weighted by molar-refractivity contribution is -0.126. The first kappa shape index (κ1) is 32.5. The molecule has 0 aliphatic rings. The van der Waals surface area contributed by atoms with E-state index in [2.05, 4.69) is 0 Å². The summed E-state index contributed by atoms with van der Waals surface area (Å²) in [4.78, 5) is 8.78. The first-order valence-corrected chi connectivity index (χ1v) is 0.893. The van der Waals surface area contributed by atoms with Crippen LogP contribution < -0.4 is 0 Å². The molecular formula is C2H6F4O. The van der Waals surface area contributed by atoms with Gasteiger partial charge >= 0.3 is 0 Å². The minimum atomic E-state index is -1.33. The average Bonchev–Trinajstić information content (AvgIpc) is 0.811. The van der Waals surface area contributed by atoms with Crippen molar-refractivity contribution in [1.82, 2.24) is 0 Å². The van der Waals surface area contributed by atoms with E-state index in [1.807, 2.05) is 0 Å². The Balaban J connectivity index is -0.0000000150. The molecule has 0 saturated heterocycles. The van der Waals surface area contributed by atoms with Gasteiger partial charge in [0, 0.05) is 6.92 Å². The predicted molar refractivity (Wildman–Crippen MR) is 19.3 cm³/mol. The summed E-state index contributed by atoms with van der Waals surface area (Å²) in [5.41, 5.74) is 0. The molecule has 0 atom stereocenters. The molecular weight excluding hydrogens is 116 g/mol. The lowest BCUT2D eigenvalue weighted by atomic mass is 10.9. The van der Waals surface area contributed by atoms with Gasteiger partial charge in [0.25, 0.3) is 6.04 Å². The Morgan fingerprint density at radius 1 is 1.29 bits per heavy atom. The van der Waals surface area contributed by atoms with Crippen LogP contribution in [0.5, 0.6) is 0 Å². The summed E-state index contributed by atoms with van der Waals surface area (Å²) in [5, 5.41) is 0. The second-order valence-electron chi connectivity index (χ2n) is 0.470. The minimum absolute atomic E-state index is 0. The van der Waals surface area contributed by atoms with E-state index < -0.39 is 6.04 Å². The van der Waals surface area contributed by atoms with Crippen LogP contribution in [-0.4, -0.2) is 6.04 Å². The summed E-state index contributed by atoms with van der Waals surface area (Å²) in [6.45, 7) is 0.861. The van der Waals surface area contributed by atoms with Crippen molar-refractivity contribution in [3.63, 3.8) is 0 Å². The van der Waals surface area contributed by atoms with Crippen molar-refractivity contribution < 1.29 is 23.3 Å². The second kappa shape index (κ2) is 18.2. The van der Waals surface area contributed by atoms with Crippen molar-refractivity contribution in [3.05, 3.63) is 0 Å². The molecule has 0 unspecified atom stereocenters. The number of rotatable bonds is 0. The van der Waals surface area contributed by atoms with Gasteiger partial charge in [-0.05, 0) is 0 Å². The Labute approximate surface area is 37.6 Å². The van der Waals surface area contributed by atoms with Crippen molar-refractivity contribution in [1.29, 1.82) is 0 Å². The Morgan fingerprint density at radius 3 is 1.29 bits per heavy atom. The molecule has 0 rings (SSSR count). The van der Waals surface area contributed by atoms with Crippen LogP contribution in [0, 0.1) is 0 Å². The molecule has 0 heterocycles. The van der Waals surface area contributed by atoms with Crippen molar-refractivity contribution >= 4 is 6.04 Å². The molecule has 0 saturated carbocycles. The van der Waals surface area contributed by atoms with Gasteiger partial charge in [0.05, 0.1) is 0 Å². The fourth-order valence-electron chi connectivity index (χ4n) is 0. The van der Waals surface area contributed by atoms with E-state index in [0.717, 1.165) is 6.92 Å². The number of hydrogen-bond acceptors (Lipinski definition) is 1. The average molecular weight is 122 g/mol.